The molecule has 0 amide bonds. The highest BCUT2D eigenvalue weighted by molar-refractivity contribution is 9.10. The molecule has 2 nitrogen and oxygen atoms in total. The van der Waals surface area contributed by atoms with Gasteiger partial charge in [-0.2, -0.15) is 0 Å². The minimum Gasteiger partial charge on any atom is -0.312 e. The van der Waals surface area contributed by atoms with Crippen LogP contribution in [0.2, 0.25) is 0 Å². The first-order chi connectivity index (χ1) is 9.13. The van der Waals surface area contributed by atoms with Crippen molar-refractivity contribution in [3.8, 4) is 0 Å². The first kappa shape index (κ1) is 14.2. The third kappa shape index (κ3) is 3.19. The first-order valence-corrected chi connectivity index (χ1v) is 6.95. The molecule has 1 aromatic heterocycles. The zero-order chi connectivity index (χ0) is 13.8. The number of aromatic nitrogens is 1. The van der Waals surface area contributed by atoms with Gasteiger partial charge < -0.3 is 5.32 Å². The third-order valence-electron chi connectivity index (χ3n) is 3.34. The Balaban J connectivity index is 2.37. The molecule has 19 heavy (non-hydrogen) atoms. The van der Waals surface area contributed by atoms with Gasteiger partial charge in [0.05, 0.1) is 0 Å². The first-order valence-electron chi connectivity index (χ1n) is 6.15. The van der Waals surface area contributed by atoms with Crippen molar-refractivity contribution in [2.45, 2.75) is 18.9 Å². The quantitative estimate of drug-likeness (QED) is 0.918. The maximum Gasteiger partial charge on any atom is 0.123 e. The van der Waals surface area contributed by atoms with E-state index in [1.54, 1.807) is 24.5 Å². The van der Waals surface area contributed by atoms with Crippen molar-refractivity contribution in [2.24, 2.45) is 0 Å². The average molecular weight is 323 g/mol. The Morgan fingerprint density at radius 1 is 1.21 bits per heavy atom. The van der Waals surface area contributed by atoms with Gasteiger partial charge in [-0.3, -0.25) is 4.98 Å². The van der Waals surface area contributed by atoms with Gasteiger partial charge in [0.25, 0.3) is 0 Å². The number of nitrogens with zero attached hydrogens (tertiary/aromatic N) is 1. The van der Waals surface area contributed by atoms with E-state index >= 15 is 0 Å². The van der Waals surface area contributed by atoms with Gasteiger partial charge in [0.15, 0.2) is 0 Å². The number of benzene rings is 1. The number of halogens is 2. The summed E-state index contributed by atoms with van der Waals surface area (Å²) in [6, 6.07) is 8.78. The van der Waals surface area contributed by atoms with E-state index in [-0.39, 0.29) is 17.8 Å². The molecule has 4 heteroatoms. The Labute approximate surface area is 121 Å². The lowest BCUT2D eigenvalue weighted by Gasteiger charge is -2.25. The highest BCUT2D eigenvalue weighted by atomic mass is 79.9. The Bertz CT molecular complexity index is 545. The minimum atomic E-state index is -0.222. The Morgan fingerprint density at radius 3 is 2.53 bits per heavy atom. The van der Waals surface area contributed by atoms with Crippen molar-refractivity contribution in [2.75, 3.05) is 7.05 Å². The second-order valence-corrected chi connectivity index (χ2v) is 5.36. The summed E-state index contributed by atoms with van der Waals surface area (Å²) in [6.45, 7) is 2.12. The van der Waals surface area contributed by atoms with Crippen molar-refractivity contribution < 1.29 is 4.39 Å². The Hall–Kier alpha value is -1.26. The molecule has 2 unspecified atom stereocenters. The molecule has 2 rings (SSSR count). The summed E-state index contributed by atoms with van der Waals surface area (Å²) in [7, 11) is 1.89. The van der Waals surface area contributed by atoms with E-state index in [4.69, 9.17) is 0 Å². The highest BCUT2D eigenvalue weighted by Gasteiger charge is 2.21. The third-order valence-corrected chi connectivity index (χ3v) is 4.06. The van der Waals surface area contributed by atoms with Crippen molar-refractivity contribution in [3.05, 3.63) is 64.1 Å². The summed E-state index contributed by atoms with van der Waals surface area (Å²) in [5, 5.41) is 3.27. The zero-order valence-corrected chi connectivity index (χ0v) is 12.5. The van der Waals surface area contributed by atoms with Crippen LogP contribution in [0.1, 0.15) is 30.0 Å². The Kier molecular flexibility index (Phi) is 4.66. The van der Waals surface area contributed by atoms with Gasteiger partial charge in [-0.05, 0) is 48.5 Å². The summed E-state index contributed by atoms with van der Waals surface area (Å²) in [5.74, 6) is -0.00789. The van der Waals surface area contributed by atoms with E-state index in [2.05, 4.69) is 33.2 Å². The van der Waals surface area contributed by atoms with Crippen LogP contribution in [0.15, 0.2) is 47.2 Å². The minimum absolute atomic E-state index is 0.0347. The molecule has 0 saturated heterocycles. The van der Waals surface area contributed by atoms with Crippen molar-refractivity contribution in [1.82, 2.24) is 10.3 Å². The molecule has 0 fully saturated rings. The molecule has 0 aliphatic heterocycles. The number of hydrogen-bond acceptors (Lipinski definition) is 2. The average Bonchev–Trinajstić information content (AvgIpc) is 2.44. The van der Waals surface area contributed by atoms with Gasteiger partial charge in [0.2, 0.25) is 0 Å². The molecule has 0 radical (unpaired) electrons. The van der Waals surface area contributed by atoms with Crippen LogP contribution in [-0.2, 0) is 0 Å². The van der Waals surface area contributed by atoms with Gasteiger partial charge in [0, 0.05) is 28.8 Å². The largest absolute Gasteiger partial charge is 0.312 e. The van der Waals surface area contributed by atoms with Crippen LogP contribution in [0.25, 0.3) is 0 Å². The van der Waals surface area contributed by atoms with Crippen molar-refractivity contribution in [3.63, 3.8) is 0 Å². The fraction of sp³-hybridized carbons (Fsp3) is 0.267. The number of likely N-dealkylation sites (N-methyl/N-ethyl adjacent to an activating group) is 1. The Morgan fingerprint density at radius 2 is 1.89 bits per heavy atom. The van der Waals surface area contributed by atoms with Gasteiger partial charge in [-0.1, -0.05) is 22.9 Å². The standard InChI is InChI=1S/C15H16BrFN2/c1-10(11-5-7-19-8-6-11)15(18-2)13-9-12(17)3-4-14(13)16/h3-10,15,18H,1-2H3. The molecular formula is C15H16BrFN2. The normalized spacial score (nSPS) is 14.1. The van der Waals surface area contributed by atoms with Crippen LogP contribution in [0.4, 0.5) is 4.39 Å². The molecule has 2 aromatic rings. The monoisotopic (exact) mass is 322 g/mol. The summed E-state index contributed by atoms with van der Waals surface area (Å²) in [6.07, 6.45) is 3.55. The van der Waals surface area contributed by atoms with E-state index < -0.39 is 0 Å². The number of nitrogens with one attached hydrogen (secondary N) is 1. The van der Waals surface area contributed by atoms with Gasteiger partial charge in [-0.25, -0.2) is 4.39 Å². The highest BCUT2D eigenvalue weighted by Crippen LogP contribution is 2.34. The molecule has 0 saturated carbocycles. The van der Waals surface area contributed by atoms with E-state index in [0.717, 1.165) is 10.0 Å². The van der Waals surface area contributed by atoms with E-state index in [9.17, 15) is 4.39 Å². The summed E-state index contributed by atoms with van der Waals surface area (Å²) in [4.78, 5) is 4.03. The van der Waals surface area contributed by atoms with Crippen LogP contribution in [0.3, 0.4) is 0 Å². The molecular weight excluding hydrogens is 307 g/mol. The molecule has 100 valence electrons. The summed E-state index contributed by atoms with van der Waals surface area (Å²) >= 11 is 3.49. The molecule has 0 aliphatic rings. The van der Waals surface area contributed by atoms with Crippen LogP contribution in [-0.4, -0.2) is 12.0 Å². The topological polar surface area (TPSA) is 24.9 Å². The predicted molar refractivity (Wildman–Crippen MR) is 78.6 cm³/mol. The van der Waals surface area contributed by atoms with E-state index in [1.807, 2.05) is 19.2 Å². The van der Waals surface area contributed by atoms with Crippen LogP contribution >= 0.6 is 15.9 Å². The number of hydrogen-bond donors (Lipinski definition) is 1. The smallest absolute Gasteiger partial charge is 0.123 e. The maximum atomic E-state index is 13.5. The lowest BCUT2D eigenvalue weighted by atomic mass is 9.89. The SMILES string of the molecule is CNC(c1cc(F)ccc1Br)C(C)c1ccncc1. The molecule has 1 aromatic carbocycles. The predicted octanol–water partition coefficient (Wildman–Crippen LogP) is 4.05. The molecule has 0 spiro atoms. The molecule has 1 heterocycles. The van der Waals surface area contributed by atoms with Gasteiger partial charge >= 0.3 is 0 Å². The van der Waals surface area contributed by atoms with E-state index in [1.165, 1.54) is 11.6 Å². The molecule has 1 N–H and O–H groups in total. The lowest BCUT2D eigenvalue weighted by Crippen LogP contribution is -2.23. The molecule has 2 atom stereocenters. The fourth-order valence-corrected chi connectivity index (χ4v) is 2.78. The van der Waals surface area contributed by atoms with Crippen LogP contribution < -0.4 is 5.32 Å². The van der Waals surface area contributed by atoms with Crippen LogP contribution in [0.5, 0.6) is 0 Å². The molecule has 0 aliphatic carbocycles. The number of rotatable bonds is 4. The summed E-state index contributed by atoms with van der Waals surface area (Å²) < 4.78 is 14.4. The van der Waals surface area contributed by atoms with E-state index in [0.29, 0.717) is 0 Å². The van der Waals surface area contributed by atoms with Crippen molar-refractivity contribution in [1.29, 1.82) is 0 Å². The maximum absolute atomic E-state index is 13.5. The number of pyridine rings is 1. The summed E-state index contributed by atoms with van der Waals surface area (Å²) in [5.41, 5.74) is 2.09. The fourth-order valence-electron chi connectivity index (χ4n) is 2.29. The zero-order valence-electron chi connectivity index (χ0n) is 10.9. The lowest BCUT2D eigenvalue weighted by molar-refractivity contribution is 0.501. The second-order valence-electron chi connectivity index (χ2n) is 4.50. The second kappa shape index (κ2) is 6.26. The van der Waals surface area contributed by atoms with Crippen molar-refractivity contribution >= 4 is 15.9 Å². The van der Waals surface area contributed by atoms with Gasteiger partial charge in [0.1, 0.15) is 5.82 Å². The van der Waals surface area contributed by atoms with Crippen LogP contribution in [0, 0.1) is 5.82 Å². The van der Waals surface area contributed by atoms with Gasteiger partial charge in [-0.15, -0.1) is 0 Å². The molecule has 0 bridgehead atoms.